The Kier molecular flexibility index (Phi) is 5.34. The molecule has 0 amide bonds. The van der Waals surface area contributed by atoms with Gasteiger partial charge in [-0.1, -0.05) is 24.3 Å². The molecule has 0 atom stereocenters. The Hall–Kier alpha value is -3.54. The molecule has 2 aromatic carbocycles. The van der Waals surface area contributed by atoms with Crippen LogP contribution in [0.25, 0.3) is 12.2 Å². The maximum atomic E-state index is 12.2. The van der Waals surface area contributed by atoms with E-state index in [0.717, 1.165) is 0 Å². The Balaban J connectivity index is 2.01. The summed E-state index contributed by atoms with van der Waals surface area (Å²) in [6.45, 7) is 0. The Morgan fingerprint density at radius 3 is 1.59 bits per heavy atom. The molecule has 6 heteroatoms. The number of hydrogen-bond donors (Lipinski definition) is 0. The van der Waals surface area contributed by atoms with Crippen LogP contribution in [0.4, 0.5) is 0 Å². The molecular formula is C23H24O6. The van der Waals surface area contributed by atoms with E-state index in [-0.39, 0.29) is 29.4 Å². The van der Waals surface area contributed by atoms with Gasteiger partial charge in [0.25, 0.3) is 0 Å². The second kappa shape index (κ2) is 10.7. The summed E-state index contributed by atoms with van der Waals surface area (Å²) in [7, 11) is -2.55. The van der Waals surface area contributed by atoms with Gasteiger partial charge >= 0.3 is 0 Å². The summed E-state index contributed by atoms with van der Waals surface area (Å²) >= 11 is 0. The molecule has 0 N–H and O–H groups in total. The highest BCUT2D eigenvalue weighted by Crippen LogP contribution is 2.28. The minimum Gasteiger partial charge on any atom is -0.493 e. The molecule has 29 heavy (non-hydrogen) atoms. The molecule has 6 nitrogen and oxygen atoms in total. The van der Waals surface area contributed by atoms with E-state index >= 15 is 0 Å². The monoisotopic (exact) mass is 402 g/mol. The third kappa shape index (κ3) is 6.24. The van der Waals surface area contributed by atoms with Crippen LogP contribution in [-0.4, -0.2) is 39.9 Å². The zero-order chi connectivity index (χ0) is 26.2. The Labute approximate surface area is 178 Å². The van der Waals surface area contributed by atoms with E-state index < -0.39 is 25.6 Å². The highest BCUT2D eigenvalue weighted by atomic mass is 16.5. The van der Waals surface area contributed by atoms with Gasteiger partial charge in [0, 0.05) is 0 Å². The van der Waals surface area contributed by atoms with E-state index in [1.54, 1.807) is 12.1 Å². The zero-order valence-corrected chi connectivity index (χ0v) is 15.9. The van der Waals surface area contributed by atoms with Gasteiger partial charge in [-0.05, 0) is 47.5 Å². The van der Waals surface area contributed by atoms with Crippen LogP contribution >= 0.6 is 0 Å². The summed E-state index contributed by atoms with van der Waals surface area (Å²) in [6, 6.07) is 8.90. The van der Waals surface area contributed by atoms with Gasteiger partial charge in [-0.3, -0.25) is 9.59 Å². The third-order valence-electron chi connectivity index (χ3n) is 3.87. The van der Waals surface area contributed by atoms with Crippen LogP contribution in [0.5, 0.6) is 23.0 Å². The summed E-state index contributed by atoms with van der Waals surface area (Å²) in [6.07, 6.45) is 5.02. The van der Waals surface area contributed by atoms with Crippen molar-refractivity contribution >= 4 is 23.7 Å². The Bertz CT molecular complexity index is 1030. The molecule has 152 valence electrons. The van der Waals surface area contributed by atoms with Crippen LogP contribution in [-0.2, 0) is 9.59 Å². The molecular weight excluding hydrogens is 372 g/mol. The van der Waals surface area contributed by atoms with E-state index in [1.807, 2.05) is 0 Å². The smallest absolute Gasteiger partial charge is 0.163 e. The van der Waals surface area contributed by atoms with Crippen molar-refractivity contribution in [1.82, 2.24) is 0 Å². The highest BCUT2D eigenvalue weighted by molar-refractivity contribution is 6.10. The van der Waals surface area contributed by atoms with Crippen LogP contribution in [0.2, 0.25) is 0 Å². The lowest BCUT2D eigenvalue weighted by Gasteiger charge is -2.07. The predicted molar refractivity (Wildman–Crippen MR) is 112 cm³/mol. The summed E-state index contributed by atoms with van der Waals surface area (Å²) < 4.78 is 63.0. The Morgan fingerprint density at radius 1 is 0.759 bits per heavy atom. The lowest BCUT2D eigenvalue weighted by Crippen LogP contribution is -2.02. The van der Waals surface area contributed by atoms with Gasteiger partial charge in [-0.25, -0.2) is 0 Å². The van der Waals surface area contributed by atoms with Gasteiger partial charge in [0.15, 0.2) is 34.6 Å². The van der Waals surface area contributed by atoms with Crippen LogP contribution in [0, 0.1) is 0 Å². The minimum absolute atomic E-state index is 0.0333. The number of carbonyl (C=O) groups is 2. The fourth-order valence-electron chi connectivity index (χ4n) is 2.41. The molecule has 0 unspecified atom stereocenters. The second-order valence-corrected chi connectivity index (χ2v) is 5.80. The highest BCUT2D eigenvalue weighted by Gasteiger charge is 2.07. The lowest BCUT2D eigenvalue weighted by molar-refractivity contribution is -0.121. The van der Waals surface area contributed by atoms with Gasteiger partial charge in [0.05, 0.1) is 42.9 Å². The number of methoxy groups -OCH3 is 4. The molecule has 0 aliphatic heterocycles. The van der Waals surface area contributed by atoms with Crippen LogP contribution < -0.4 is 18.9 Å². The summed E-state index contributed by atoms with van der Waals surface area (Å²) in [5.41, 5.74) is 1.09. The summed E-state index contributed by atoms with van der Waals surface area (Å²) in [5, 5.41) is 0. The first-order valence-electron chi connectivity index (χ1n) is 11.5. The SMILES string of the molecule is [2H]C([2H])([2H])Oc1ccc(/C=C/C(=O)CC(=O)/C=C/c2ccc(OC([2H])([2H])[2H])c(OC)c2)cc1OC. The lowest BCUT2D eigenvalue weighted by atomic mass is 10.1. The molecule has 0 radical (unpaired) electrons. The van der Waals surface area contributed by atoms with E-state index in [4.69, 9.17) is 27.2 Å². The topological polar surface area (TPSA) is 71.1 Å². The van der Waals surface area contributed by atoms with E-state index in [0.29, 0.717) is 11.1 Å². The van der Waals surface area contributed by atoms with Gasteiger partial charge in [-0.2, -0.15) is 0 Å². The third-order valence-corrected chi connectivity index (χ3v) is 3.87. The minimum atomic E-state index is -2.63. The van der Waals surface area contributed by atoms with E-state index in [2.05, 4.69) is 0 Å². The molecule has 0 bridgehead atoms. The predicted octanol–water partition coefficient (Wildman–Crippen LogP) is 3.98. The zero-order valence-electron chi connectivity index (χ0n) is 21.9. The average Bonchev–Trinajstić information content (AvgIpc) is 2.75. The molecule has 0 saturated heterocycles. The largest absolute Gasteiger partial charge is 0.493 e. The first-order valence-corrected chi connectivity index (χ1v) is 8.45. The Morgan fingerprint density at radius 2 is 1.21 bits per heavy atom. The number of benzene rings is 2. The first kappa shape index (κ1) is 14.5. The molecule has 0 saturated carbocycles. The summed E-state index contributed by atoms with van der Waals surface area (Å²) in [4.78, 5) is 24.3. The standard InChI is InChI=1S/C23H24O6/c1-26-20-11-7-16(13-22(20)28-3)5-9-18(24)15-19(25)10-6-17-8-12-21(27-2)23(14-17)29-4/h5-14H,15H2,1-4H3/b9-5+,10-6+/i1D3,2D3. The fraction of sp³-hybridized carbons (Fsp3) is 0.217. The van der Waals surface area contributed by atoms with Crippen molar-refractivity contribution in [3.63, 3.8) is 0 Å². The molecule has 0 spiro atoms. The molecule has 0 aliphatic carbocycles. The van der Waals surface area contributed by atoms with Crippen LogP contribution in [0.3, 0.4) is 0 Å². The molecule has 0 fully saturated rings. The van der Waals surface area contributed by atoms with Gasteiger partial charge in [-0.15, -0.1) is 0 Å². The maximum absolute atomic E-state index is 12.2. The second-order valence-electron chi connectivity index (χ2n) is 5.80. The molecule has 2 rings (SSSR count). The molecule has 0 aliphatic rings. The van der Waals surface area contributed by atoms with Crippen LogP contribution in [0.1, 0.15) is 25.8 Å². The number of rotatable bonds is 10. The summed E-state index contributed by atoms with van der Waals surface area (Å²) in [5.74, 6) is -0.460. The number of ketones is 2. The average molecular weight is 402 g/mol. The van der Waals surface area contributed by atoms with Gasteiger partial charge in [0.2, 0.25) is 0 Å². The maximum Gasteiger partial charge on any atom is 0.163 e. The normalized spacial score (nSPS) is 14.8. The molecule has 2 aromatic rings. The van der Waals surface area contributed by atoms with Crippen molar-refractivity contribution in [2.45, 2.75) is 6.42 Å². The molecule has 0 heterocycles. The number of allylic oxidation sites excluding steroid dienone is 2. The van der Waals surface area contributed by atoms with Crippen molar-refractivity contribution in [2.24, 2.45) is 0 Å². The van der Waals surface area contributed by atoms with E-state index in [1.165, 1.54) is 62.8 Å². The quantitative estimate of drug-likeness (QED) is 0.442. The number of hydrogen-bond acceptors (Lipinski definition) is 6. The van der Waals surface area contributed by atoms with Crippen molar-refractivity contribution in [2.75, 3.05) is 28.3 Å². The van der Waals surface area contributed by atoms with Gasteiger partial charge < -0.3 is 18.9 Å². The van der Waals surface area contributed by atoms with Gasteiger partial charge in [0.1, 0.15) is 0 Å². The fourth-order valence-corrected chi connectivity index (χ4v) is 2.41. The number of carbonyl (C=O) groups excluding carboxylic acids is 2. The first-order chi connectivity index (χ1) is 16.3. The molecule has 0 aromatic heterocycles. The van der Waals surface area contributed by atoms with E-state index in [9.17, 15) is 9.59 Å². The number of ether oxygens (including phenoxy) is 4. The van der Waals surface area contributed by atoms with Crippen molar-refractivity contribution in [3.05, 3.63) is 59.7 Å². The van der Waals surface area contributed by atoms with Crippen molar-refractivity contribution < 1.29 is 36.8 Å². The van der Waals surface area contributed by atoms with Crippen molar-refractivity contribution in [1.29, 1.82) is 0 Å². The van der Waals surface area contributed by atoms with Crippen molar-refractivity contribution in [3.8, 4) is 23.0 Å². The van der Waals surface area contributed by atoms with Crippen LogP contribution in [0.15, 0.2) is 48.6 Å².